The van der Waals surface area contributed by atoms with Crippen LogP contribution >= 0.6 is 0 Å². The summed E-state index contributed by atoms with van der Waals surface area (Å²) in [5.74, 6) is 1.92. The zero-order valence-corrected chi connectivity index (χ0v) is 15.0. The lowest BCUT2D eigenvalue weighted by atomic mass is 10.2. The lowest BCUT2D eigenvalue weighted by Gasteiger charge is -2.26. The zero-order chi connectivity index (χ0) is 18.6. The van der Waals surface area contributed by atoms with Crippen LogP contribution in [0.5, 0.6) is 11.5 Å². The molecule has 0 radical (unpaired) electrons. The van der Waals surface area contributed by atoms with E-state index in [1.807, 2.05) is 49.4 Å². The second-order valence-electron chi connectivity index (χ2n) is 6.45. The molecule has 0 bridgehead atoms. The molecule has 4 rings (SSSR count). The maximum atomic E-state index is 12.0. The number of fused-ring (bicyclic) bond motifs is 2. The number of para-hydroxylation sites is 3. The summed E-state index contributed by atoms with van der Waals surface area (Å²) >= 11 is 0. The molecule has 1 atom stereocenters. The Balaban J connectivity index is 1.21. The minimum Gasteiger partial charge on any atom is -0.486 e. The van der Waals surface area contributed by atoms with Crippen molar-refractivity contribution in [3.8, 4) is 11.5 Å². The van der Waals surface area contributed by atoms with Crippen LogP contribution in [0, 0.1) is 6.92 Å². The molecule has 1 unspecified atom stereocenters. The molecule has 140 valence electrons. The third-order valence-corrected chi connectivity index (χ3v) is 4.33. The second kappa shape index (κ2) is 7.67. The quantitative estimate of drug-likeness (QED) is 0.699. The fourth-order valence-corrected chi connectivity index (χ4v) is 2.98. The van der Waals surface area contributed by atoms with Gasteiger partial charge in [-0.1, -0.05) is 24.3 Å². The minimum absolute atomic E-state index is 0.0415. The van der Waals surface area contributed by atoms with E-state index >= 15 is 0 Å². The van der Waals surface area contributed by atoms with Crippen LogP contribution in [0.3, 0.4) is 0 Å². The van der Waals surface area contributed by atoms with E-state index in [2.05, 4.69) is 15.3 Å². The van der Waals surface area contributed by atoms with E-state index < -0.39 is 0 Å². The number of aromatic nitrogens is 2. The summed E-state index contributed by atoms with van der Waals surface area (Å²) < 4.78 is 16.9. The van der Waals surface area contributed by atoms with Crippen molar-refractivity contribution in [2.75, 3.05) is 19.8 Å². The van der Waals surface area contributed by atoms with Crippen molar-refractivity contribution in [1.82, 2.24) is 15.3 Å². The Morgan fingerprint density at radius 3 is 2.96 bits per heavy atom. The Labute approximate surface area is 156 Å². The van der Waals surface area contributed by atoms with Gasteiger partial charge in [-0.3, -0.25) is 4.79 Å². The van der Waals surface area contributed by atoms with Crippen molar-refractivity contribution >= 4 is 16.9 Å². The number of aromatic amines is 1. The van der Waals surface area contributed by atoms with Crippen molar-refractivity contribution in [1.29, 1.82) is 0 Å². The van der Waals surface area contributed by atoms with E-state index in [0.717, 1.165) is 22.3 Å². The lowest BCUT2D eigenvalue weighted by Crippen LogP contribution is -2.41. The smallest absolute Gasteiger partial charge is 0.246 e. The number of imidazole rings is 1. The molecule has 2 N–H and O–H groups in total. The number of hydrogen-bond acceptors (Lipinski definition) is 5. The summed E-state index contributed by atoms with van der Waals surface area (Å²) in [6.45, 7) is 2.98. The van der Waals surface area contributed by atoms with E-state index in [1.165, 1.54) is 0 Å². The molecule has 0 saturated carbocycles. The number of H-pyrrole nitrogens is 1. The number of aryl methyl sites for hydroxylation is 1. The van der Waals surface area contributed by atoms with Gasteiger partial charge in [0.2, 0.25) is 5.91 Å². The fraction of sp³-hybridized carbons (Fsp3) is 0.300. The molecule has 27 heavy (non-hydrogen) atoms. The van der Waals surface area contributed by atoms with Gasteiger partial charge in [-0.25, -0.2) is 4.98 Å². The number of amides is 1. The molecule has 1 aliphatic heterocycles. The van der Waals surface area contributed by atoms with E-state index in [9.17, 15) is 4.79 Å². The molecule has 0 aliphatic carbocycles. The monoisotopic (exact) mass is 367 g/mol. The molecule has 7 nitrogen and oxygen atoms in total. The summed E-state index contributed by atoms with van der Waals surface area (Å²) in [5.41, 5.74) is 2.99. The van der Waals surface area contributed by atoms with Crippen LogP contribution in [0.2, 0.25) is 0 Å². The van der Waals surface area contributed by atoms with Crippen LogP contribution in [-0.2, 0) is 16.1 Å². The number of nitrogens with one attached hydrogen (secondary N) is 2. The number of rotatable bonds is 6. The van der Waals surface area contributed by atoms with Gasteiger partial charge in [-0.2, -0.15) is 0 Å². The first-order valence-electron chi connectivity index (χ1n) is 8.86. The Hall–Kier alpha value is -3.06. The van der Waals surface area contributed by atoms with E-state index in [4.69, 9.17) is 14.2 Å². The largest absolute Gasteiger partial charge is 0.486 e. The number of carbonyl (C=O) groups is 1. The topological polar surface area (TPSA) is 85.5 Å². The van der Waals surface area contributed by atoms with Gasteiger partial charge in [-0.15, -0.1) is 0 Å². The van der Waals surface area contributed by atoms with Crippen molar-refractivity contribution in [3.63, 3.8) is 0 Å². The molecule has 7 heteroatoms. The van der Waals surface area contributed by atoms with Crippen LogP contribution in [0.1, 0.15) is 11.4 Å². The summed E-state index contributed by atoms with van der Waals surface area (Å²) in [6, 6.07) is 13.4. The van der Waals surface area contributed by atoms with Crippen LogP contribution in [-0.4, -0.2) is 41.7 Å². The highest BCUT2D eigenvalue weighted by Gasteiger charge is 2.21. The van der Waals surface area contributed by atoms with Crippen LogP contribution in [0.25, 0.3) is 11.0 Å². The molecule has 0 saturated heterocycles. The molecule has 2 heterocycles. The van der Waals surface area contributed by atoms with Crippen LogP contribution in [0.4, 0.5) is 0 Å². The highest BCUT2D eigenvalue weighted by atomic mass is 16.6. The second-order valence-corrected chi connectivity index (χ2v) is 6.45. The Bertz CT molecular complexity index is 953. The van der Waals surface area contributed by atoms with E-state index in [-0.39, 0.29) is 25.2 Å². The van der Waals surface area contributed by atoms with Gasteiger partial charge in [0.05, 0.1) is 17.6 Å². The summed E-state index contributed by atoms with van der Waals surface area (Å²) in [5, 5.41) is 2.81. The summed E-state index contributed by atoms with van der Waals surface area (Å²) in [7, 11) is 0. The Morgan fingerprint density at radius 1 is 1.26 bits per heavy atom. The maximum Gasteiger partial charge on any atom is 0.246 e. The van der Waals surface area contributed by atoms with Crippen molar-refractivity contribution in [2.45, 2.75) is 19.6 Å². The number of nitrogens with zero attached hydrogens (tertiary/aromatic N) is 1. The molecule has 1 aromatic heterocycles. The van der Waals surface area contributed by atoms with E-state index in [1.54, 1.807) is 0 Å². The summed E-state index contributed by atoms with van der Waals surface area (Å²) in [6.07, 6.45) is -0.220. The first kappa shape index (κ1) is 17.4. The number of carbonyl (C=O) groups excluding carboxylic acids is 1. The van der Waals surface area contributed by atoms with Crippen LogP contribution < -0.4 is 14.8 Å². The van der Waals surface area contributed by atoms with Gasteiger partial charge >= 0.3 is 0 Å². The van der Waals surface area contributed by atoms with Crippen molar-refractivity contribution in [3.05, 3.63) is 53.9 Å². The van der Waals surface area contributed by atoms with Crippen molar-refractivity contribution in [2.24, 2.45) is 0 Å². The predicted molar refractivity (Wildman–Crippen MR) is 99.8 cm³/mol. The first-order valence-corrected chi connectivity index (χ1v) is 8.86. The number of ether oxygens (including phenoxy) is 3. The van der Waals surface area contributed by atoms with E-state index in [0.29, 0.717) is 24.7 Å². The highest BCUT2D eigenvalue weighted by Crippen LogP contribution is 2.30. The van der Waals surface area contributed by atoms with Gasteiger partial charge in [0.1, 0.15) is 31.7 Å². The molecule has 1 amide bonds. The van der Waals surface area contributed by atoms with Gasteiger partial charge in [-0.05, 0) is 30.7 Å². The molecule has 3 aromatic rings. The third-order valence-electron chi connectivity index (χ3n) is 4.33. The average Bonchev–Trinajstić information content (AvgIpc) is 3.10. The molecule has 0 fully saturated rings. The number of hydrogen-bond donors (Lipinski definition) is 2. The van der Waals surface area contributed by atoms with Crippen LogP contribution in [0.15, 0.2) is 42.5 Å². The normalized spacial score (nSPS) is 15.7. The van der Waals surface area contributed by atoms with Gasteiger partial charge < -0.3 is 24.5 Å². The molecule has 2 aromatic carbocycles. The molecule has 1 aliphatic rings. The first-order chi connectivity index (χ1) is 13.2. The minimum atomic E-state index is -0.220. The number of benzene rings is 2. The lowest BCUT2D eigenvalue weighted by molar-refractivity contribution is -0.126. The zero-order valence-electron chi connectivity index (χ0n) is 15.0. The maximum absolute atomic E-state index is 12.0. The summed E-state index contributed by atoms with van der Waals surface area (Å²) in [4.78, 5) is 19.7. The Kier molecular flexibility index (Phi) is 4.93. The highest BCUT2D eigenvalue weighted by molar-refractivity contribution is 5.78. The van der Waals surface area contributed by atoms with Gasteiger partial charge in [0, 0.05) is 0 Å². The SMILES string of the molecule is Cc1cccc2[nH]c(COCC(=O)NCC3COc4ccccc4O3)nc12. The average molecular weight is 367 g/mol. The predicted octanol–water partition coefficient (Wildman–Crippen LogP) is 2.34. The van der Waals surface area contributed by atoms with Gasteiger partial charge in [0.25, 0.3) is 0 Å². The molecular formula is C20H21N3O4. The van der Waals surface area contributed by atoms with Gasteiger partial charge in [0.15, 0.2) is 11.5 Å². The van der Waals surface area contributed by atoms with Crippen molar-refractivity contribution < 1.29 is 19.0 Å². The molecular weight excluding hydrogens is 346 g/mol. The molecule has 0 spiro atoms. The third kappa shape index (κ3) is 4.03. The fourth-order valence-electron chi connectivity index (χ4n) is 2.98. The standard InChI is InChI=1S/C20H21N3O4/c1-13-5-4-6-15-20(13)23-18(22-15)11-25-12-19(24)21-9-14-10-26-16-7-2-3-8-17(16)27-14/h2-8,14H,9-12H2,1H3,(H,21,24)(H,22,23). The Morgan fingerprint density at radius 2 is 2.11 bits per heavy atom.